The Hall–Kier alpha value is -2.81. The molecule has 0 aliphatic carbocycles. The van der Waals surface area contributed by atoms with Crippen LogP contribution in [0.4, 0.5) is 0 Å². The molecule has 4 aromatic rings. The van der Waals surface area contributed by atoms with Gasteiger partial charge in [0.15, 0.2) is 0 Å². The first-order chi connectivity index (χ1) is 15.3. The van der Waals surface area contributed by atoms with E-state index in [4.69, 9.17) is 19.1 Å². The molecule has 3 heterocycles. The number of ether oxygens (including phenoxy) is 1. The van der Waals surface area contributed by atoms with E-state index < -0.39 is 0 Å². The molecule has 8 heteroatoms. The van der Waals surface area contributed by atoms with Crippen molar-refractivity contribution in [1.29, 1.82) is 0 Å². The van der Waals surface area contributed by atoms with Crippen molar-refractivity contribution in [3.63, 3.8) is 0 Å². The van der Waals surface area contributed by atoms with E-state index in [9.17, 15) is 0 Å². The van der Waals surface area contributed by atoms with E-state index in [1.54, 1.807) is 11.8 Å². The maximum absolute atomic E-state index is 5.96. The number of morpholine rings is 1. The Kier molecular flexibility index (Phi) is 5.93. The van der Waals surface area contributed by atoms with Crippen LogP contribution in [0.3, 0.4) is 0 Å². The van der Waals surface area contributed by atoms with Crippen molar-refractivity contribution in [3.05, 3.63) is 66.3 Å². The Labute approximate surface area is 184 Å². The highest BCUT2D eigenvalue weighted by atomic mass is 32.2. The lowest BCUT2D eigenvalue weighted by Gasteiger charge is -2.26. The van der Waals surface area contributed by atoms with Gasteiger partial charge in [0.05, 0.1) is 30.5 Å². The maximum atomic E-state index is 5.96. The SMILES string of the molecule is CC(Sc1nc(CN2CCOCC2)nc2ccccc12)c1nnc(-c2ccccc2)o1. The molecule has 31 heavy (non-hydrogen) atoms. The summed E-state index contributed by atoms with van der Waals surface area (Å²) in [5.41, 5.74) is 1.87. The van der Waals surface area contributed by atoms with Crippen LogP contribution in [-0.4, -0.2) is 51.4 Å². The second-order valence-corrected chi connectivity index (χ2v) is 8.75. The molecule has 1 unspecified atom stereocenters. The number of rotatable bonds is 6. The number of fused-ring (bicyclic) bond motifs is 1. The van der Waals surface area contributed by atoms with Gasteiger partial charge < -0.3 is 9.15 Å². The Morgan fingerprint density at radius 2 is 1.74 bits per heavy atom. The third kappa shape index (κ3) is 4.61. The molecule has 0 radical (unpaired) electrons. The molecule has 1 atom stereocenters. The summed E-state index contributed by atoms with van der Waals surface area (Å²) in [7, 11) is 0. The van der Waals surface area contributed by atoms with E-state index in [2.05, 4.69) is 28.1 Å². The number of benzene rings is 2. The molecule has 0 amide bonds. The molecular formula is C23H23N5O2S. The minimum atomic E-state index is -0.0421. The van der Waals surface area contributed by atoms with Gasteiger partial charge in [0.2, 0.25) is 11.8 Å². The molecule has 0 saturated carbocycles. The van der Waals surface area contributed by atoms with Gasteiger partial charge in [0, 0.05) is 24.0 Å². The third-order valence-electron chi connectivity index (χ3n) is 5.18. The molecule has 0 N–H and O–H groups in total. The molecular weight excluding hydrogens is 410 g/mol. The zero-order valence-electron chi connectivity index (χ0n) is 17.3. The highest BCUT2D eigenvalue weighted by Crippen LogP contribution is 2.37. The van der Waals surface area contributed by atoms with Gasteiger partial charge in [-0.25, -0.2) is 9.97 Å². The quantitative estimate of drug-likeness (QED) is 0.328. The van der Waals surface area contributed by atoms with E-state index in [0.29, 0.717) is 11.8 Å². The first kappa shape index (κ1) is 20.1. The smallest absolute Gasteiger partial charge is 0.247 e. The van der Waals surface area contributed by atoms with Crippen molar-refractivity contribution < 1.29 is 9.15 Å². The molecule has 158 valence electrons. The number of thioether (sulfide) groups is 1. The molecule has 5 rings (SSSR count). The second-order valence-electron chi connectivity index (χ2n) is 7.42. The van der Waals surface area contributed by atoms with E-state index in [-0.39, 0.29) is 5.25 Å². The molecule has 1 aliphatic heterocycles. The maximum Gasteiger partial charge on any atom is 0.247 e. The minimum absolute atomic E-state index is 0.0421. The van der Waals surface area contributed by atoms with Crippen LogP contribution < -0.4 is 0 Å². The van der Waals surface area contributed by atoms with E-state index >= 15 is 0 Å². The fourth-order valence-electron chi connectivity index (χ4n) is 3.53. The predicted octanol–water partition coefficient (Wildman–Crippen LogP) is 4.37. The second kappa shape index (κ2) is 9.13. The van der Waals surface area contributed by atoms with E-state index in [1.807, 2.05) is 48.5 Å². The highest BCUT2D eigenvalue weighted by Gasteiger charge is 2.20. The average Bonchev–Trinajstić information content (AvgIpc) is 3.31. The summed E-state index contributed by atoms with van der Waals surface area (Å²) in [6.07, 6.45) is 0. The molecule has 2 aromatic heterocycles. The summed E-state index contributed by atoms with van der Waals surface area (Å²) in [6.45, 7) is 6.10. The largest absolute Gasteiger partial charge is 0.419 e. The van der Waals surface area contributed by atoms with Gasteiger partial charge in [-0.05, 0) is 25.1 Å². The molecule has 1 aliphatic rings. The first-order valence-electron chi connectivity index (χ1n) is 10.4. The van der Waals surface area contributed by atoms with E-state index in [1.165, 1.54) is 0 Å². The van der Waals surface area contributed by atoms with Crippen molar-refractivity contribution in [2.45, 2.75) is 23.7 Å². The molecule has 2 aromatic carbocycles. The zero-order valence-corrected chi connectivity index (χ0v) is 18.1. The number of hydrogen-bond acceptors (Lipinski definition) is 8. The van der Waals surface area contributed by atoms with Crippen molar-refractivity contribution in [2.24, 2.45) is 0 Å². The molecule has 0 bridgehead atoms. The van der Waals surface area contributed by atoms with Crippen LogP contribution in [-0.2, 0) is 11.3 Å². The standard InChI is InChI=1S/C23H23N5O2S/c1-16(21-26-27-22(30-21)17-7-3-2-4-8-17)31-23-18-9-5-6-10-19(18)24-20(25-23)15-28-11-13-29-14-12-28/h2-10,16H,11-15H2,1H3. The summed E-state index contributed by atoms with van der Waals surface area (Å²) in [5, 5.41) is 10.4. The Morgan fingerprint density at radius 3 is 2.58 bits per heavy atom. The lowest BCUT2D eigenvalue weighted by atomic mass is 10.2. The number of para-hydroxylation sites is 1. The van der Waals surface area contributed by atoms with Gasteiger partial charge in [-0.15, -0.1) is 10.2 Å². The van der Waals surface area contributed by atoms with Crippen LogP contribution in [0.1, 0.15) is 23.9 Å². The summed E-state index contributed by atoms with van der Waals surface area (Å²) in [6, 6.07) is 17.9. The Balaban J connectivity index is 1.40. The summed E-state index contributed by atoms with van der Waals surface area (Å²) in [4.78, 5) is 12.0. The Morgan fingerprint density at radius 1 is 0.968 bits per heavy atom. The molecule has 1 fully saturated rings. The number of aromatic nitrogens is 4. The van der Waals surface area contributed by atoms with Gasteiger partial charge >= 0.3 is 0 Å². The van der Waals surface area contributed by atoms with Gasteiger partial charge in [0.1, 0.15) is 10.9 Å². The lowest BCUT2D eigenvalue weighted by molar-refractivity contribution is 0.0330. The van der Waals surface area contributed by atoms with Gasteiger partial charge in [-0.1, -0.05) is 48.2 Å². The summed E-state index contributed by atoms with van der Waals surface area (Å²) < 4.78 is 11.4. The Bertz CT molecular complexity index is 1160. The number of nitrogens with zero attached hydrogens (tertiary/aromatic N) is 5. The van der Waals surface area contributed by atoms with Crippen LogP contribution in [0.15, 0.2) is 64.0 Å². The van der Waals surface area contributed by atoms with Crippen LogP contribution in [0.2, 0.25) is 0 Å². The van der Waals surface area contributed by atoms with Crippen molar-refractivity contribution >= 4 is 22.7 Å². The van der Waals surface area contributed by atoms with Gasteiger partial charge in [0.25, 0.3) is 0 Å². The number of hydrogen-bond donors (Lipinski definition) is 0. The molecule has 7 nitrogen and oxygen atoms in total. The van der Waals surface area contributed by atoms with Crippen LogP contribution >= 0.6 is 11.8 Å². The highest BCUT2D eigenvalue weighted by molar-refractivity contribution is 7.99. The van der Waals surface area contributed by atoms with Crippen LogP contribution in [0.5, 0.6) is 0 Å². The average molecular weight is 434 g/mol. The van der Waals surface area contributed by atoms with Crippen molar-refractivity contribution in [3.8, 4) is 11.5 Å². The predicted molar refractivity (Wildman–Crippen MR) is 120 cm³/mol. The van der Waals surface area contributed by atoms with Crippen LogP contribution in [0.25, 0.3) is 22.4 Å². The topological polar surface area (TPSA) is 77.2 Å². The summed E-state index contributed by atoms with van der Waals surface area (Å²) >= 11 is 1.62. The van der Waals surface area contributed by atoms with Crippen molar-refractivity contribution in [1.82, 2.24) is 25.1 Å². The summed E-state index contributed by atoms with van der Waals surface area (Å²) in [5.74, 6) is 1.94. The zero-order chi connectivity index (χ0) is 21.0. The van der Waals surface area contributed by atoms with Gasteiger partial charge in [-0.2, -0.15) is 0 Å². The first-order valence-corrected chi connectivity index (χ1v) is 11.3. The minimum Gasteiger partial charge on any atom is -0.419 e. The normalized spacial score (nSPS) is 15.9. The monoisotopic (exact) mass is 433 g/mol. The lowest BCUT2D eigenvalue weighted by Crippen LogP contribution is -2.36. The van der Waals surface area contributed by atoms with Gasteiger partial charge in [-0.3, -0.25) is 4.90 Å². The molecule has 0 spiro atoms. The molecule has 1 saturated heterocycles. The van der Waals surface area contributed by atoms with Crippen molar-refractivity contribution in [2.75, 3.05) is 26.3 Å². The fourth-order valence-corrected chi connectivity index (χ4v) is 4.52. The fraction of sp³-hybridized carbons (Fsp3) is 0.304. The van der Waals surface area contributed by atoms with Crippen LogP contribution in [0, 0.1) is 0 Å². The van der Waals surface area contributed by atoms with E-state index in [0.717, 1.165) is 60.2 Å². The third-order valence-corrected chi connectivity index (χ3v) is 6.27.